The Labute approximate surface area is 157 Å². The molecule has 1 saturated heterocycles. The van der Waals surface area contributed by atoms with Crippen LogP contribution < -0.4 is 25.6 Å². The van der Waals surface area contributed by atoms with Gasteiger partial charge in [0, 0.05) is 22.3 Å². The van der Waals surface area contributed by atoms with E-state index in [1.165, 1.54) is 0 Å². The number of rotatable bonds is 5. The normalized spacial score (nSPS) is 19.2. The first-order valence-corrected chi connectivity index (χ1v) is 8.70. The summed E-state index contributed by atoms with van der Waals surface area (Å²) in [6, 6.07) is 10.7. The number of methoxy groups -OCH3 is 2. The average Bonchev–Trinajstić information content (AvgIpc) is 3.15. The Balaban J connectivity index is 1.70. The molecule has 3 rings (SSSR count). The van der Waals surface area contributed by atoms with Crippen LogP contribution in [0.15, 0.2) is 36.4 Å². The number of ether oxygens (including phenoxy) is 2. The second kappa shape index (κ2) is 7.95. The van der Waals surface area contributed by atoms with Crippen LogP contribution in [0.25, 0.3) is 0 Å². The van der Waals surface area contributed by atoms with Crippen LogP contribution >= 0.6 is 11.6 Å². The summed E-state index contributed by atoms with van der Waals surface area (Å²) in [7, 11) is 3.23. The Morgan fingerprint density at radius 1 is 1.19 bits per heavy atom. The minimum Gasteiger partial charge on any atom is -0.497 e. The van der Waals surface area contributed by atoms with Crippen molar-refractivity contribution in [1.82, 2.24) is 10.9 Å². The fourth-order valence-electron chi connectivity index (χ4n) is 3.00. The summed E-state index contributed by atoms with van der Waals surface area (Å²) < 4.78 is 10.7. The lowest BCUT2D eigenvalue weighted by atomic mass is 10.0. The fraction of sp³-hybridized carbons (Fsp3) is 0.316. The molecule has 2 aromatic rings. The van der Waals surface area contributed by atoms with Crippen molar-refractivity contribution >= 4 is 23.2 Å². The van der Waals surface area contributed by atoms with Gasteiger partial charge in [0.1, 0.15) is 17.5 Å². The van der Waals surface area contributed by atoms with Crippen molar-refractivity contribution in [2.45, 2.75) is 25.4 Å². The summed E-state index contributed by atoms with van der Waals surface area (Å²) in [5.41, 5.74) is 8.76. The van der Waals surface area contributed by atoms with Crippen LogP contribution in [0.2, 0.25) is 5.02 Å². The first-order valence-electron chi connectivity index (χ1n) is 8.32. The highest BCUT2D eigenvalue weighted by molar-refractivity contribution is 6.31. The molecule has 2 aromatic carbocycles. The van der Waals surface area contributed by atoms with Crippen LogP contribution in [0.1, 0.15) is 23.6 Å². The molecule has 26 heavy (non-hydrogen) atoms. The minimum atomic E-state index is -0.370. The van der Waals surface area contributed by atoms with Gasteiger partial charge in [-0.15, -0.1) is 0 Å². The number of carbonyl (C=O) groups is 1. The third-order valence-electron chi connectivity index (χ3n) is 4.56. The van der Waals surface area contributed by atoms with Crippen molar-refractivity contribution in [2.75, 3.05) is 19.5 Å². The highest BCUT2D eigenvalue weighted by Crippen LogP contribution is 2.33. The topological polar surface area (TPSA) is 71.6 Å². The molecule has 138 valence electrons. The van der Waals surface area contributed by atoms with E-state index < -0.39 is 0 Å². The van der Waals surface area contributed by atoms with E-state index in [9.17, 15) is 4.79 Å². The number of carbonyl (C=O) groups excluding carboxylic acids is 1. The standard InChI is InChI=1S/C19H22ClN3O3/c1-11-14(20)5-4-6-15(11)21-19(24)17-10-16(22-23-17)13-8-7-12(25-2)9-18(13)26-3/h4-9,16-17,22-23H,10H2,1-3H3,(H,21,24). The summed E-state index contributed by atoms with van der Waals surface area (Å²) in [6.45, 7) is 1.88. The summed E-state index contributed by atoms with van der Waals surface area (Å²) in [5.74, 6) is 1.33. The molecule has 0 bridgehead atoms. The highest BCUT2D eigenvalue weighted by atomic mass is 35.5. The molecule has 1 amide bonds. The van der Waals surface area contributed by atoms with Gasteiger partial charge < -0.3 is 14.8 Å². The number of hydrazine groups is 1. The lowest BCUT2D eigenvalue weighted by molar-refractivity contribution is -0.117. The first-order chi connectivity index (χ1) is 12.5. The highest BCUT2D eigenvalue weighted by Gasteiger charge is 2.32. The third-order valence-corrected chi connectivity index (χ3v) is 4.97. The van der Waals surface area contributed by atoms with Crippen molar-refractivity contribution in [3.63, 3.8) is 0 Å². The van der Waals surface area contributed by atoms with Gasteiger partial charge in [0.15, 0.2) is 0 Å². The Kier molecular flexibility index (Phi) is 5.66. The van der Waals surface area contributed by atoms with E-state index in [0.29, 0.717) is 11.4 Å². The zero-order valence-electron chi connectivity index (χ0n) is 14.9. The van der Waals surface area contributed by atoms with Crippen LogP contribution in [0.4, 0.5) is 5.69 Å². The first kappa shape index (κ1) is 18.5. The van der Waals surface area contributed by atoms with Crippen molar-refractivity contribution in [3.05, 3.63) is 52.5 Å². The number of amides is 1. The number of halogens is 1. The van der Waals surface area contributed by atoms with Gasteiger partial charge in [-0.05, 0) is 37.1 Å². The largest absolute Gasteiger partial charge is 0.497 e. The Morgan fingerprint density at radius 3 is 2.73 bits per heavy atom. The molecule has 6 nitrogen and oxygen atoms in total. The van der Waals surface area contributed by atoms with Gasteiger partial charge in [-0.3, -0.25) is 4.79 Å². The lowest BCUT2D eigenvalue weighted by Gasteiger charge is -2.15. The lowest BCUT2D eigenvalue weighted by Crippen LogP contribution is -2.39. The maximum atomic E-state index is 12.6. The molecule has 1 aliphatic heterocycles. The van der Waals surface area contributed by atoms with Gasteiger partial charge in [0.25, 0.3) is 0 Å². The van der Waals surface area contributed by atoms with Crippen LogP contribution in [0.5, 0.6) is 11.5 Å². The summed E-state index contributed by atoms with van der Waals surface area (Å²) in [6.07, 6.45) is 0.591. The van der Waals surface area contributed by atoms with Crippen LogP contribution in [-0.4, -0.2) is 26.2 Å². The second-order valence-corrected chi connectivity index (χ2v) is 6.55. The van der Waals surface area contributed by atoms with E-state index in [0.717, 1.165) is 28.3 Å². The van der Waals surface area contributed by atoms with Gasteiger partial charge >= 0.3 is 0 Å². The molecule has 0 saturated carbocycles. The number of benzene rings is 2. The molecule has 1 aliphatic rings. The molecule has 0 aliphatic carbocycles. The molecule has 1 fully saturated rings. The van der Waals surface area contributed by atoms with Gasteiger partial charge in [0.05, 0.1) is 20.3 Å². The van der Waals surface area contributed by atoms with Crippen LogP contribution in [0, 0.1) is 6.92 Å². The Bertz CT molecular complexity index is 813. The molecular formula is C19H22ClN3O3. The zero-order chi connectivity index (χ0) is 18.7. The van der Waals surface area contributed by atoms with Crippen LogP contribution in [0.3, 0.4) is 0 Å². The molecule has 3 N–H and O–H groups in total. The predicted molar refractivity (Wildman–Crippen MR) is 102 cm³/mol. The SMILES string of the molecule is COc1ccc(C2CC(C(=O)Nc3cccc(Cl)c3C)NN2)c(OC)c1. The number of hydrogen-bond donors (Lipinski definition) is 3. The van der Waals surface area contributed by atoms with Gasteiger partial charge in [-0.1, -0.05) is 23.7 Å². The molecular weight excluding hydrogens is 354 g/mol. The number of nitrogens with one attached hydrogen (secondary N) is 3. The summed E-state index contributed by atoms with van der Waals surface area (Å²) in [4.78, 5) is 12.6. The van der Waals surface area contributed by atoms with Crippen LogP contribution in [-0.2, 0) is 4.79 Å². The molecule has 0 radical (unpaired) electrons. The maximum Gasteiger partial charge on any atom is 0.242 e. The van der Waals surface area contributed by atoms with E-state index in [1.807, 2.05) is 37.3 Å². The minimum absolute atomic E-state index is 0.0490. The van der Waals surface area contributed by atoms with E-state index >= 15 is 0 Å². The van der Waals surface area contributed by atoms with Crippen molar-refractivity contribution in [3.8, 4) is 11.5 Å². The Hall–Kier alpha value is -2.28. The van der Waals surface area contributed by atoms with Crippen molar-refractivity contribution < 1.29 is 14.3 Å². The van der Waals surface area contributed by atoms with Crippen molar-refractivity contribution in [2.24, 2.45) is 0 Å². The van der Waals surface area contributed by atoms with Gasteiger partial charge in [-0.2, -0.15) is 0 Å². The number of anilines is 1. The molecule has 2 atom stereocenters. The van der Waals surface area contributed by atoms with Crippen molar-refractivity contribution in [1.29, 1.82) is 0 Å². The third kappa shape index (κ3) is 3.77. The maximum absolute atomic E-state index is 12.6. The van der Waals surface area contributed by atoms with E-state index in [2.05, 4.69) is 16.2 Å². The van der Waals surface area contributed by atoms with Gasteiger partial charge in [0.2, 0.25) is 5.91 Å². The zero-order valence-corrected chi connectivity index (χ0v) is 15.7. The molecule has 0 aromatic heterocycles. The predicted octanol–water partition coefficient (Wildman–Crippen LogP) is 3.21. The second-order valence-electron chi connectivity index (χ2n) is 6.14. The quantitative estimate of drug-likeness (QED) is 0.748. The van der Waals surface area contributed by atoms with E-state index in [1.54, 1.807) is 20.3 Å². The molecule has 0 spiro atoms. The monoisotopic (exact) mass is 375 g/mol. The smallest absolute Gasteiger partial charge is 0.242 e. The fourth-order valence-corrected chi connectivity index (χ4v) is 3.18. The molecule has 2 unspecified atom stereocenters. The summed E-state index contributed by atoms with van der Waals surface area (Å²) in [5, 5.41) is 3.56. The van der Waals surface area contributed by atoms with E-state index in [-0.39, 0.29) is 18.0 Å². The Morgan fingerprint density at radius 2 is 2.00 bits per heavy atom. The number of hydrogen-bond acceptors (Lipinski definition) is 5. The van der Waals surface area contributed by atoms with E-state index in [4.69, 9.17) is 21.1 Å². The van der Waals surface area contributed by atoms with Gasteiger partial charge in [-0.25, -0.2) is 10.9 Å². The average molecular weight is 376 g/mol. The molecule has 1 heterocycles. The molecule has 7 heteroatoms. The summed E-state index contributed by atoms with van der Waals surface area (Å²) >= 11 is 6.11.